The molecule has 4 heterocycles. The second kappa shape index (κ2) is 8.85. The first-order chi connectivity index (χ1) is 16.6. The highest BCUT2D eigenvalue weighted by Crippen LogP contribution is 2.36. The van der Waals surface area contributed by atoms with E-state index in [-0.39, 0.29) is 25.0 Å². The lowest BCUT2D eigenvalue weighted by Gasteiger charge is -2.36. The molecule has 3 aromatic heterocycles. The highest BCUT2D eigenvalue weighted by Gasteiger charge is 2.33. The van der Waals surface area contributed by atoms with Crippen molar-refractivity contribution in [3.05, 3.63) is 47.2 Å². The van der Waals surface area contributed by atoms with Gasteiger partial charge in [0.2, 0.25) is 5.95 Å². The molecule has 3 aromatic rings. The van der Waals surface area contributed by atoms with E-state index >= 15 is 0 Å². The topological polar surface area (TPSA) is 81.9 Å². The van der Waals surface area contributed by atoms with E-state index in [0.29, 0.717) is 53.3 Å². The summed E-state index contributed by atoms with van der Waals surface area (Å²) in [5.41, 5.74) is 2.84. The Balaban J connectivity index is 1.47. The van der Waals surface area contributed by atoms with Gasteiger partial charge in [-0.1, -0.05) is 6.58 Å². The molecule has 0 bridgehead atoms. The van der Waals surface area contributed by atoms with Crippen LogP contribution in [0.15, 0.2) is 24.5 Å². The number of fused-ring (bicyclic) bond motifs is 1. The third kappa shape index (κ3) is 5.00. The first-order valence-electron chi connectivity index (χ1n) is 11.8. The molecule has 0 aromatic carbocycles. The lowest BCUT2D eigenvalue weighted by atomic mass is 10.1. The second-order valence-corrected chi connectivity index (χ2v) is 9.46. The average molecular weight is 488 g/mol. The van der Waals surface area contributed by atoms with E-state index in [0.717, 1.165) is 18.4 Å². The SMILES string of the molecule is C=C(CCc1nc(N2CC(C)OC(c3cnn(C4CC4)c3)C2)nc2nc(C)c(C)nc12)C(F)(F)F. The first-order valence-corrected chi connectivity index (χ1v) is 11.8. The number of hydrogen-bond acceptors (Lipinski definition) is 7. The van der Waals surface area contributed by atoms with Crippen molar-refractivity contribution in [3.8, 4) is 0 Å². The zero-order valence-electron chi connectivity index (χ0n) is 20.0. The molecular formula is C24H28F3N7O. The number of nitrogens with zero attached hydrogens (tertiary/aromatic N) is 7. The van der Waals surface area contributed by atoms with E-state index in [2.05, 4.69) is 31.6 Å². The molecule has 1 aliphatic heterocycles. The maximum Gasteiger partial charge on any atom is 0.412 e. The van der Waals surface area contributed by atoms with Crippen molar-refractivity contribution < 1.29 is 17.9 Å². The van der Waals surface area contributed by atoms with Crippen LogP contribution in [0.4, 0.5) is 19.1 Å². The minimum Gasteiger partial charge on any atom is -0.367 e. The van der Waals surface area contributed by atoms with Crippen LogP contribution in [0.5, 0.6) is 0 Å². The largest absolute Gasteiger partial charge is 0.412 e. The maximum atomic E-state index is 13.1. The Morgan fingerprint density at radius 3 is 2.57 bits per heavy atom. The van der Waals surface area contributed by atoms with Gasteiger partial charge in [0, 0.05) is 23.9 Å². The molecule has 2 fully saturated rings. The highest BCUT2D eigenvalue weighted by atomic mass is 19.4. The van der Waals surface area contributed by atoms with Crippen LogP contribution in [0.25, 0.3) is 11.2 Å². The number of alkyl halides is 3. The van der Waals surface area contributed by atoms with Crippen molar-refractivity contribution in [2.45, 2.75) is 70.9 Å². The van der Waals surface area contributed by atoms with E-state index in [9.17, 15) is 13.2 Å². The molecule has 2 atom stereocenters. The molecule has 2 unspecified atom stereocenters. The van der Waals surface area contributed by atoms with Crippen molar-refractivity contribution in [1.82, 2.24) is 29.7 Å². The highest BCUT2D eigenvalue weighted by molar-refractivity contribution is 5.74. The summed E-state index contributed by atoms with van der Waals surface area (Å²) in [5, 5.41) is 4.48. The number of ether oxygens (including phenoxy) is 1. The molecular weight excluding hydrogens is 459 g/mol. The lowest BCUT2D eigenvalue weighted by Crippen LogP contribution is -2.43. The number of aromatic nitrogens is 6. The first kappa shape index (κ1) is 23.7. The van der Waals surface area contributed by atoms with Gasteiger partial charge >= 0.3 is 6.18 Å². The van der Waals surface area contributed by atoms with Crippen molar-refractivity contribution in [3.63, 3.8) is 0 Å². The lowest BCUT2D eigenvalue weighted by molar-refractivity contribution is -0.0935. The third-order valence-electron chi connectivity index (χ3n) is 6.52. The molecule has 8 nitrogen and oxygen atoms in total. The van der Waals surface area contributed by atoms with Gasteiger partial charge < -0.3 is 9.64 Å². The monoisotopic (exact) mass is 487 g/mol. The molecule has 35 heavy (non-hydrogen) atoms. The Hall–Kier alpha value is -3.08. The predicted octanol–water partition coefficient (Wildman–Crippen LogP) is 4.59. The van der Waals surface area contributed by atoms with Crippen LogP contribution in [-0.2, 0) is 11.2 Å². The molecule has 0 N–H and O–H groups in total. The number of halogens is 3. The fraction of sp³-hybridized carbons (Fsp3) is 0.542. The van der Waals surface area contributed by atoms with Crippen molar-refractivity contribution in [2.24, 2.45) is 0 Å². The van der Waals surface area contributed by atoms with E-state index in [1.165, 1.54) is 0 Å². The molecule has 11 heteroatoms. The third-order valence-corrected chi connectivity index (χ3v) is 6.52. The summed E-state index contributed by atoms with van der Waals surface area (Å²) in [5.74, 6) is 0.414. The summed E-state index contributed by atoms with van der Waals surface area (Å²) in [4.78, 5) is 20.5. The average Bonchev–Trinajstić information content (AvgIpc) is 3.53. The summed E-state index contributed by atoms with van der Waals surface area (Å²) < 4.78 is 47.4. The summed E-state index contributed by atoms with van der Waals surface area (Å²) >= 11 is 0. The fourth-order valence-electron chi connectivity index (χ4n) is 4.24. The van der Waals surface area contributed by atoms with Crippen molar-refractivity contribution in [2.75, 3.05) is 18.0 Å². The predicted molar refractivity (Wildman–Crippen MR) is 124 cm³/mol. The van der Waals surface area contributed by atoms with Crippen LogP contribution in [0, 0.1) is 13.8 Å². The molecule has 1 saturated carbocycles. The van der Waals surface area contributed by atoms with Crippen LogP contribution in [0.2, 0.25) is 0 Å². The molecule has 0 spiro atoms. The summed E-state index contributed by atoms with van der Waals surface area (Å²) in [6, 6.07) is 0.476. The molecule has 186 valence electrons. The second-order valence-electron chi connectivity index (χ2n) is 9.46. The van der Waals surface area contributed by atoms with Gasteiger partial charge in [-0.3, -0.25) is 4.68 Å². The Morgan fingerprint density at radius 1 is 1.11 bits per heavy atom. The number of morpholine rings is 1. The van der Waals surface area contributed by atoms with Gasteiger partial charge in [-0.05, 0) is 46.5 Å². The van der Waals surface area contributed by atoms with Gasteiger partial charge in [-0.25, -0.2) is 15.0 Å². The standard InChI is InChI=1S/C24H28F3N7O/c1-13(24(25,26)27)5-8-19-21-22(30-16(4)15(3)29-21)32-23(31-19)33-10-14(2)35-20(12-33)17-9-28-34(11-17)18-6-7-18/h9,11,14,18,20H,1,5-8,10,12H2,2-4H3. The summed E-state index contributed by atoms with van der Waals surface area (Å²) in [6.07, 6.45) is 1.17. The molecule has 0 amide bonds. The summed E-state index contributed by atoms with van der Waals surface area (Å²) in [6.45, 7) is 9.87. The molecule has 5 rings (SSSR count). The number of anilines is 1. The van der Waals surface area contributed by atoms with Crippen molar-refractivity contribution in [1.29, 1.82) is 0 Å². The molecule has 0 radical (unpaired) electrons. The minimum atomic E-state index is -4.44. The smallest absolute Gasteiger partial charge is 0.367 e. The maximum absolute atomic E-state index is 13.1. The zero-order chi connectivity index (χ0) is 24.9. The summed E-state index contributed by atoms with van der Waals surface area (Å²) in [7, 11) is 0. The Kier molecular flexibility index (Phi) is 5.98. The number of allylic oxidation sites excluding steroid dienone is 1. The number of aryl methyl sites for hydroxylation is 3. The molecule has 1 saturated heterocycles. The van der Waals surface area contributed by atoms with Gasteiger partial charge in [0.05, 0.1) is 42.0 Å². The van der Waals surface area contributed by atoms with E-state index in [1.54, 1.807) is 0 Å². The van der Waals surface area contributed by atoms with Crippen LogP contribution >= 0.6 is 0 Å². The zero-order valence-corrected chi connectivity index (χ0v) is 20.0. The number of hydrogen-bond donors (Lipinski definition) is 0. The Morgan fingerprint density at radius 2 is 1.86 bits per heavy atom. The Bertz CT molecular complexity index is 1270. The van der Waals surface area contributed by atoms with E-state index in [1.807, 2.05) is 42.7 Å². The molecule has 1 aliphatic carbocycles. The normalized spacial score (nSPS) is 21.0. The van der Waals surface area contributed by atoms with E-state index in [4.69, 9.17) is 4.74 Å². The van der Waals surface area contributed by atoms with Crippen LogP contribution < -0.4 is 4.90 Å². The van der Waals surface area contributed by atoms with Gasteiger partial charge in [-0.2, -0.15) is 23.3 Å². The quantitative estimate of drug-likeness (QED) is 0.471. The minimum absolute atomic E-state index is 0.0407. The van der Waals surface area contributed by atoms with Crippen molar-refractivity contribution >= 4 is 17.1 Å². The van der Waals surface area contributed by atoms with Crippen LogP contribution in [0.3, 0.4) is 0 Å². The fourth-order valence-corrected chi connectivity index (χ4v) is 4.24. The van der Waals surface area contributed by atoms with Gasteiger partial charge in [0.1, 0.15) is 11.6 Å². The van der Waals surface area contributed by atoms with Crippen LogP contribution in [0.1, 0.15) is 61.0 Å². The molecule has 2 aliphatic rings. The van der Waals surface area contributed by atoms with Gasteiger partial charge in [-0.15, -0.1) is 0 Å². The van der Waals surface area contributed by atoms with E-state index < -0.39 is 11.7 Å². The van der Waals surface area contributed by atoms with Gasteiger partial charge in [0.15, 0.2) is 5.65 Å². The Labute approximate surface area is 201 Å². The van der Waals surface area contributed by atoms with Gasteiger partial charge in [0.25, 0.3) is 0 Å². The van der Waals surface area contributed by atoms with Crippen LogP contribution in [-0.4, -0.2) is 55.1 Å². The number of rotatable bonds is 6.